The summed E-state index contributed by atoms with van der Waals surface area (Å²) in [5, 5.41) is 8.35. The second-order valence-corrected chi connectivity index (χ2v) is 9.10. The van der Waals surface area contributed by atoms with E-state index in [0.717, 1.165) is 18.6 Å². The summed E-state index contributed by atoms with van der Waals surface area (Å²) in [5.41, 5.74) is -0.895. The second-order valence-electron chi connectivity index (χ2n) is 9.10. The first-order valence-corrected chi connectivity index (χ1v) is 11.4. The highest BCUT2D eigenvalue weighted by atomic mass is 19.2. The summed E-state index contributed by atoms with van der Waals surface area (Å²) in [6, 6.07) is 3.62. The number of hydrogen-bond donors (Lipinski definition) is 1. The van der Waals surface area contributed by atoms with Crippen molar-refractivity contribution in [2.24, 2.45) is 7.05 Å². The number of amides is 1. The van der Waals surface area contributed by atoms with Crippen LogP contribution in [0.4, 0.5) is 8.78 Å². The van der Waals surface area contributed by atoms with Crippen molar-refractivity contribution in [1.29, 1.82) is 0 Å². The van der Waals surface area contributed by atoms with Gasteiger partial charge in [-0.05, 0) is 43.9 Å². The van der Waals surface area contributed by atoms with Crippen LogP contribution in [-0.2, 0) is 11.8 Å². The van der Waals surface area contributed by atoms with Crippen molar-refractivity contribution < 1.29 is 18.3 Å². The highest BCUT2D eigenvalue weighted by molar-refractivity contribution is 5.93. The predicted molar refractivity (Wildman–Crippen MR) is 120 cm³/mol. The smallest absolute Gasteiger partial charge is 0.328 e. The van der Waals surface area contributed by atoms with Crippen LogP contribution in [0.15, 0.2) is 40.2 Å². The highest BCUT2D eigenvalue weighted by Crippen LogP contribution is 2.39. The zero-order chi connectivity index (χ0) is 24.7. The molecule has 2 aliphatic rings. The minimum absolute atomic E-state index is 0.00374. The van der Waals surface area contributed by atoms with Crippen LogP contribution in [0.2, 0.25) is 0 Å². The largest absolute Gasteiger partial charge is 0.375 e. The lowest BCUT2D eigenvalue weighted by Crippen LogP contribution is -2.51. The molecule has 0 aliphatic carbocycles. The van der Waals surface area contributed by atoms with E-state index < -0.39 is 34.4 Å². The Kier molecular flexibility index (Phi) is 5.83. The Morgan fingerprint density at radius 1 is 1.17 bits per heavy atom. The van der Waals surface area contributed by atoms with Crippen LogP contribution in [0.3, 0.4) is 0 Å². The van der Waals surface area contributed by atoms with Crippen molar-refractivity contribution in [1.82, 2.24) is 29.4 Å². The number of hydrogen-bond acceptors (Lipinski definition) is 6. The number of rotatable bonds is 3. The summed E-state index contributed by atoms with van der Waals surface area (Å²) in [7, 11) is 1.47. The van der Waals surface area contributed by atoms with E-state index in [9.17, 15) is 23.2 Å². The van der Waals surface area contributed by atoms with E-state index in [1.807, 2.05) is 0 Å². The predicted octanol–water partition coefficient (Wildman–Crippen LogP) is 1.64. The first-order valence-electron chi connectivity index (χ1n) is 11.4. The van der Waals surface area contributed by atoms with Gasteiger partial charge in [-0.1, -0.05) is 5.21 Å². The average molecular weight is 486 g/mol. The van der Waals surface area contributed by atoms with Crippen molar-refractivity contribution in [3.8, 4) is 11.3 Å². The second kappa shape index (κ2) is 8.84. The number of aromatic nitrogens is 5. The van der Waals surface area contributed by atoms with Gasteiger partial charge in [0.2, 0.25) is 0 Å². The molecular weight excluding hydrogens is 462 g/mol. The van der Waals surface area contributed by atoms with Gasteiger partial charge in [0.15, 0.2) is 11.6 Å². The molecule has 2 aliphatic heterocycles. The van der Waals surface area contributed by atoms with E-state index >= 15 is 0 Å². The summed E-state index contributed by atoms with van der Waals surface area (Å²) in [6.07, 6.45) is 5.54. The molecule has 3 aromatic rings. The SMILES string of the molecule is Cn1cc(C(=O)N2CCC3(CC2)CC(n2cc(-c4ccc(F)c(F)c4)nn2)CCO3)c(=O)[nH]c1=O. The third-order valence-electron chi connectivity index (χ3n) is 6.87. The zero-order valence-corrected chi connectivity index (χ0v) is 19.0. The van der Waals surface area contributed by atoms with Crippen molar-refractivity contribution in [2.45, 2.75) is 37.3 Å². The third-order valence-corrected chi connectivity index (χ3v) is 6.87. The quantitative estimate of drug-likeness (QED) is 0.602. The van der Waals surface area contributed by atoms with Gasteiger partial charge in [0.05, 0.1) is 17.8 Å². The van der Waals surface area contributed by atoms with Gasteiger partial charge in [0.25, 0.3) is 11.5 Å². The molecule has 10 nitrogen and oxygen atoms in total. The Labute approximate surface area is 198 Å². The van der Waals surface area contributed by atoms with Crippen molar-refractivity contribution in [2.75, 3.05) is 19.7 Å². The first kappa shape index (κ1) is 23.1. The van der Waals surface area contributed by atoms with Crippen LogP contribution >= 0.6 is 0 Å². The number of piperidine rings is 1. The summed E-state index contributed by atoms with van der Waals surface area (Å²) in [6.45, 7) is 1.33. The standard InChI is InChI=1S/C23H24F2N6O4/c1-29-12-16(20(32)26-22(29)34)21(33)30-7-5-23(6-8-30)11-15(4-9-35-23)31-13-19(27-28-31)14-2-3-17(24)18(25)10-14/h2-3,10,12-13,15H,4-9,11H2,1H3,(H,26,32,34). The lowest BCUT2D eigenvalue weighted by molar-refractivity contribution is -0.122. The van der Waals surface area contributed by atoms with Crippen LogP contribution in [0.5, 0.6) is 0 Å². The van der Waals surface area contributed by atoms with Crippen LogP contribution in [0.1, 0.15) is 42.1 Å². The molecule has 35 heavy (non-hydrogen) atoms. The number of carbonyl (C=O) groups is 1. The molecule has 2 aromatic heterocycles. The summed E-state index contributed by atoms with van der Waals surface area (Å²) in [4.78, 5) is 40.3. The number of carbonyl (C=O) groups excluding carboxylic acids is 1. The minimum Gasteiger partial charge on any atom is -0.375 e. The number of aryl methyl sites for hydroxylation is 1. The fourth-order valence-electron chi connectivity index (χ4n) is 4.82. The lowest BCUT2D eigenvalue weighted by atomic mass is 9.82. The number of halogens is 2. The monoisotopic (exact) mass is 486 g/mol. The normalized spacial score (nSPS) is 19.7. The molecule has 2 fully saturated rings. The van der Waals surface area contributed by atoms with E-state index in [0.29, 0.717) is 50.2 Å². The van der Waals surface area contributed by atoms with Gasteiger partial charge in [0, 0.05) is 38.5 Å². The van der Waals surface area contributed by atoms with Crippen LogP contribution in [0, 0.1) is 11.6 Å². The first-order chi connectivity index (χ1) is 16.7. The molecule has 0 radical (unpaired) electrons. The maximum absolute atomic E-state index is 13.6. The Morgan fingerprint density at radius 3 is 2.69 bits per heavy atom. The van der Waals surface area contributed by atoms with Gasteiger partial charge in [-0.15, -0.1) is 5.10 Å². The molecule has 0 saturated carbocycles. The Bertz CT molecular complexity index is 1390. The topological polar surface area (TPSA) is 115 Å². The van der Waals surface area contributed by atoms with Gasteiger partial charge in [0.1, 0.15) is 11.3 Å². The fourth-order valence-corrected chi connectivity index (χ4v) is 4.82. The Balaban J connectivity index is 1.27. The minimum atomic E-state index is -0.942. The van der Waals surface area contributed by atoms with E-state index in [4.69, 9.17) is 4.74 Å². The highest BCUT2D eigenvalue weighted by Gasteiger charge is 2.42. The summed E-state index contributed by atoms with van der Waals surface area (Å²) in [5.74, 6) is -2.28. The average Bonchev–Trinajstić information content (AvgIpc) is 3.34. The van der Waals surface area contributed by atoms with Crippen LogP contribution in [0.25, 0.3) is 11.3 Å². The number of aromatic amines is 1. The zero-order valence-electron chi connectivity index (χ0n) is 19.0. The number of ether oxygens (including phenoxy) is 1. The van der Waals surface area contributed by atoms with Gasteiger partial charge >= 0.3 is 5.69 Å². The fraction of sp³-hybridized carbons (Fsp3) is 0.435. The lowest BCUT2D eigenvalue weighted by Gasteiger charge is -2.46. The molecule has 1 atom stereocenters. The summed E-state index contributed by atoms with van der Waals surface area (Å²) < 4.78 is 35.9. The van der Waals surface area contributed by atoms with Gasteiger partial charge < -0.3 is 14.2 Å². The molecule has 184 valence electrons. The van der Waals surface area contributed by atoms with Crippen molar-refractivity contribution >= 4 is 5.91 Å². The van der Waals surface area contributed by atoms with E-state index in [2.05, 4.69) is 15.3 Å². The van der Waals surface area contributed by atoms with E-state index in [-0.39, 0.29) is 11.6 Å². The van der Waals surface area contributed by atoms with Crippen molar-refractivity contribution in [3.05, 3.63) is 68.6 Å². The number of likely N-dealkylation sites (tertiary alicyclic amines) is 1. The Morgan fingerprint density at radius 2 is 1.94 bits per heavy atom. The molecule has 4 heterocycles. The van der Waals surface area contributed by atoms with Crippen molar-refractivity contribution in [3.63, 3.8) is 0 Å². The van der Waals surface area contributed by atoms with Crippen LogP contribution < -0.4 is 11.2 Å². The molecule has 1 spiro atoms. The number of nitrogens with one attached hydrogen (secondary N) is 1. The molecule has 2 saturated heterocycles. The molecule has 0 bridgehead atoms. The Hall–Kier alpha value is -3.67. The molecule has 1 aromatic carbocycles. The molecular formula is C23H24F2N6O4. The maximum Gasteiger partial charge on any atom is 0.328 e. The van der Waals surface area contributed by atoms with Gasteiger partial charge in [-0.25, -0.2) is 18.3 Å². The van der Waals surface area contributed by atoms with E-state index in [1.54, 1.807) is 15.8 Å². The molecule has 12 heteroatoms. The number of nitrogens with zero attached hydrogens (tertiary/aromatic N) is 5. The third kappa shape index (κ3) is 4.41. The molecule has 1 N–H and O–H groups in total. The number of H-pyrrole nitrogens is 1. The van der Waals surface area contributed by atoms with Gasteiger partial charge in [-0.3, -0.25) is 14.6 Å². The van der Waals surface area contributed by atoms with Gasteiger partial charge in [-0.2, -0.15) is 0 Å². The molecule has 1 unspecified atom stereocenters. The number of benzene rings is 1. The molecule has 1 amide bonds. The molecule has 5 rings (SSSR count). The van der Waals surface area contributed by atoms with Crippen LogP contribution in [-0.4, -0.2) is 60.6 Å². The summed E-state index contributed by atoms with van der Waals surface area (Å²) >= 11 is 0. The maximum atomic E-state index is 13.6. The van der Waals surface area contributed by atoms with E-state index in [1.165, 1.54) is 23.9 Å².